The van der Waals surface area contributed by atoms with Crippen LogP contribution in [0.1, 0.15) is 46.4 Å². The number of fused-ring (bicyclic) bond motifs is 3. The molecule has 0 saturated carbocycles. The van der Waals surface area contributed by atoms with Crippen LogP contribution in [-0.2, 0) is 17.7 Å². The Hall–Kier alpha value is -4.92. The number of nitro groups is 2. The van der Waals surface area contributed by atoms with E-state index < -0.39 is 27.4 Å². The molecule has 0 aliphatic carbocycles. The first kappa shape index (κ1) is 27.6. The molecule has 0 bridgehead atoms. The van der Waals surface area contributed by atoms with E-state index in [4.69, 9.17) is 14.2 Å². The van der Waals surface area contributed by atoms with Gasteiger partial charge in [-0.05, 0) is 49.6 Å². The molecule has 41 heavy (non-hydrogen) atoms. The number of nitro benzene ring substituents is 2. The minimum absolute atomic E-state index is 0.154. The number of non-ortho nitro benzene ring substituents is 1. The number of benzene rings is 2. The molecule has 2 aliphatic heterocycles. The van der Waals surface area contributed by atoms with Gasteiger partial charge in [0, 0.05) is 17.5 Å². The maximum atomic E-state index is 13.2. The fraction of sp³-hybridized carbons (Fsp3) is 0.308. The number of carbonyl (C=O) groups excluding carboxylic acids is 2. The van der Waals surface area contributed by atoms with E-state index in [-0.39, 0.29) is 42.5 Å². The van der Waals surface area contributed by atoms with Crippen LogP contribution in [0, 0.1) is 20.2 Å². The summed E-state index contributed by atoms with van der Waals surface area (Å²) in [5.41, 5.74) is 1.12. The highest BCUT2D eigenvalue weighted by Gasteiger charge is 2.35. The van der Waals surface area contributed by atoms with Crippen molar-refractivity contribution < 1.29 is 33.6 Å². The number of nitrogens with one attached hydrogen (secondary N) is 2. The Labute approximate surface area is 237 Å². The summed E-state index contributed by atoms with van der Waals surface area (Å²) >= 11 is 1.42. The summed E-state index contributed by atoms with van der Waals surface area (Å²) < 4.78 is 16.6. The number of rotatable bonds is 8. The molecule has 14 nitrogen and oxygen atoms in total. The number of ether oxygens (including phenoxy) is 3. The minimum Gasteiger partial charge on any atom is -0.490 e. The van der Waals surface area contributed by atoms with Crippen LogP contribution < -0.4 is 20.1 Å². The van der Waals surface area contributed by atoms with Crippen molar-refractivity contribution in [1.29, 1.82) is 0 Å². The Morgan fingerprint density at radius 2 is 1.83 bits per heavy atom. The zero-order valence-corrected chi connectivity index (χ0v) is 22.8. The molecule has 3 heterocycles. The number of hydrogen-bond acceptors (Lipinski definition) is 11. The number of carbonyl (C=O) groups is 2. The second-order valence-corrected chi connectivity index (χ2v) is 10.1. The van der Waals surface area contributed by atoms with Gasteiger partial charge in [-0.15, -0.1) is 11.3 Å². The van der Waals surface area contributed by atoms with Gasteiger partial charge >= 0.3 is 11.8 Å². The fourth-order valence-electron chi connectivity index (χ4n) is 4.68. The molecule has 2 amide bonds. The van der Waals surface area contributed by atoms with E-state index in [0.29, 0.717) is 35.6 Å². The Balaban J connectivity index is 1.40. The van der Waals surface area contributed by atoms with Gasteiger partial charge in [0.05, 0.1) is 41.2 Å². The van der Waals surface area contributed by atoms with E-state index in [0.717, 1.165) is 28.6 Å². The molecule has 0 fully saturated rings. The lowest BCUT2D eigenvalue weighted by Crippen LogP contribution is -2.39. The molecular formula is C26H25N5O9S. The van der Waals surface area contributed by atoms with E-state index in [1.165, 1.54) is 11.3 Å². The van der Waals surface area contributed by atoms with Crippen LogP contribution in [0.15, 0.2) is 36.4 Å². The van der Waals surface area contributed by atoms with E-state index in [1.807, 2.05) is 0 Å². The monoisotopic (exact) mass is 583 g/mol. The van der Waals surface area contributed by atoms with Crippen molar-refractivity contribution in [2.75, 3.05) is 25.1 Å². The lowest BCUT2D eigenvalue weighted by molar-refractivity contribution is -0.394. The van der Waals surface area contributed by atoms with Crippen LogP contribution in [0.2, 0.25) is 0 Å². The molecule has 0 saturated heterocycles. The first-order valence-electron chi connectivity index (χ1n) is 12.7. The third-order valence-corrected chi connectivity index (χ3v) is 7.68. The van der Waals surface area contributed by atoms with E-state index >= 15 is 0 Å². The molecule has 2 aromatic carbocycles. The van der Waals surface area contributed by atoms with Gasteiger partial charge < -0.3 is 29.7 Å². The van der Waals surface area contributed by atoms with E-state index in [2.05, 4.69) is 10.6 Å². The Bertz CT molecular complexity index is 1560. The second-order valence-electron chi connectivity index (χ2n) is 9.04. The molecular weight excluding hydrogens is 558 g/mol. The SMILES string of the molecule is CCOC(=O)N1CCc2c(sc3c2C(=O)N[C@H](c2ccc(Oc4ccc([N+](=O)[O-])cc4[N+](=O)[O-])c(OCC)c2)N3)C1. The molecule has 15 heteroatoms. The molecule has 1 aromatic heterocycles. The van der Waals surface area contributed by atoms with E-state index in [9.17, 15) is 29.8 Å². The summed E-state index contributed by atoms with van der Waals surface area (Å²) in [6, 6.07) is 7.97. The van der Waals surface area contributed by atoms with Gasteiger partial charge in [0.15, 0.2) is 11.5 Å². The molecule has 1 atom stereocenters. The number of anilines is 1. The quantitative estimate of drug-likeness (QED) is 0.267. The van der Waals surface area contributed by atoms with Crippen molar-refractivity contribution in [1.82, 2.24) is 10.2 Å². The summed E-state index contributed by atoms with van der Waals surface area (Å²) in [6.07, 6.45) is -0.461. The lowest BCUT2D eigenvalue weighted by Gasteiger charge is -2.28. The average molecular weight is 584 g/mol. The van der Waals surface area contributed by atoms with Gasteiger partial charge in [-0.3, -0.25) is 25.0 Å². The molecule has 0 spiro atoms. The van der Waals surface area contributed by atoms with Crippen molar-refractivity contribution in [2.45, 2.75) is 33.0 Å². The smallest absolute Gasteiger partial charge is 0.410 e. The zero-order valence-electron chi connectivity index (χ0n) is 22.0. The van der Waals surface area contributed by atoms with Gasteiger partial charge in [-0.2, -0.15) is 0 Å². The van der Waals surface area contributed by atoms with Crippen LogP contribution in [0.4, 0.5) is 21.2 Å². The largest absolute Gasteiger partial charge is 0.490 e. The van der Waals surface area contributed by atoms with Crippen LogP contribution >= 0.6 is 11.3 Å². The number of thiophene rings is 1. The van der Waals surface area contributed by atoms with Crippen LogP contribution in [0.25, 0.3) is 0 Å². The molecule has 214 valence electrons. The molecule has 3 aromatic rings. The van der Waals surface area contributed by atoms with Gasteiger partial charge in [0.1, 0.15) is 11.2 Å². The normalized spacial score (nSPS) is 15.6. The standard InChI is InChI=1S/C26H25N5O9S/c1-3-38-20-11-14(5-7-19(20)40-18-8-6-15(30(34)35)12-17(18)31(36)37)23-27-24(32)22-16-9-10-29(26(33)39-4-2)13-21(16)41-25(22)28-23/h5-8,11-12,23,28H,3-4,9-10,13H2,1-2H3,(H,27,32)/t23-/m0/s1. The number of hydrogen-bond donors (Lipinski definition) is 2. The van der Waals surface area contributed by atoms with Crippen molar-refractivity contribution in [2.24, 2.45) is 0 Å². The van der Waals surface area contributed by atoms with Gasteiger partial charge in [-0.1, -0.05) is 6.07 Å². The first-order valence-corrected chi connectivity index (χ1v) is 13.5. The van der Waals surface area contributed by atoms with Crippen LogP contribution in [-0.4, -0.2) is 46.5 Å². The summed E-state index contributed by atoms with van der Waals surface area (Å²) in [6.45, 7) is 4.87. The molecule has 2 aliphatic rings. The topological polar surface area (TPSA) is 175 Å². The summed E-state index contributed by atoms with van der Waals surface area (Å²) in [5.74, 6) is -0.0224. The van der Waals surface area contributed by atoms with Crippen molar-refractivity contribution in [3.05, 3.63) is 78.2 Å². The van der Waals surface area contributed by atoms with Crippen LogP contribution in [0.5, 0.6) is 17.2 Å². The Morgan fingerprint density at radius 1 is 1.05 bits per heavy atom. The number of nitrogens with zero attached hydrogens (tertiary/aromatic N) is 3. The van der Waals surface area contributed by atoms with Crippen molar-refractivity contribution in [3.63, 3.8) is 0 Å². The number of amides is 2. The van der Waals surface area contributed by atoms with Crippen molar-refractivity contribution >= 4 is 39.7 Å². The van der Waals surface area contributed by atoms with Crippen LogP contribution in [0.3, 0.4) is 0 Å². The highest BCUT2D eigenvalue weighted by atomic mass is 32.1. The molecule has 0 radical (unpaired) electrons. The first-order chi connectivity index (χ1) is 19.7. The predicted octanol–water partition coefficient (Wildman–Crippen LogP) is 5.12. The fourth-order valence-corrected chi connectivity index (χ4v) is 5.97. The van der Waals surface area contributed by atoms with Gasteiger partial charge in [0.2, 0.25) is 5.75 Å². The minimum atomic E-state index is -0.761. The molecule has 2 N–H and O–H groups in total. The average Bonchev–Trinajstić information content (AvgIpc) is 3.32. The van der Waals surface area contributed by atoms with Gasteiger partial charge in [0.25, 0.3) is 11.6 Å². The summed E-state index contributed by atoms with van der Waals surface area (Å²) in [4.78, 5) is 49.1. The lowest BCUT2D eigenvalue weighted by atomic mass is 10.0. The summed E-state index contributed by atoms with van der Waals surface area (Å²) in [7, 11) is 0. The predicted molar refractivity (Wildman–Crippen MR) is 147 cm³/mol. The maximum absolute atomic E-state index is 13.2. The highest BCUT2D eigenvalue weighted by Crippen LogP contribution is 2.43. The van der Waals surface area contributed by atoms with Gasteiger partial charge in [-0.25, -0.2) is 4.79 Å². The second kappa shape index (κ2) is 11.3. The Morgan fingerprint density at radius 3 is 2.54 bits per heavy atom. The highest BCUT2D eigenvalue weighted by molar-refractivity contribution is 7.16. The maximum Gasteiger partial charge on any atom is 0.410 e. The third-order valence-electron chi connectivity index (χ3n) is 6.53. The third kappa shape index (κ3) is 5.43. The van der Waals surface area contributed by atoms with E-state index in [1.54, 1.807) is 36.9 Å². The molecule has 5 rings (SSSR count). The zero-order chi connectivity index (χ0) is 29.3. The summed E-state index contributed by atoms with van der Waals surface area (Å²) in [5, 5.41) is 29.6. The Kier molecular flexibility index (Phi) is 7.61. The van der Waals surface area contributed by atoms with Crippen molar-refractivity contribution in [3.8, 4) is 17.2 Å². The molecule has 0 unspecified atom stereocenters.